The number of hydrazone groups is 1. The maximum absolute atomic E-state index is 4.73. The van der Waals surface area contributed by atoms with Gasteiger partial charge in [0, 0.05) is 52.4 Å². The molecule has 0 aliphatic carbocycles. The van der Waals surface area contributed by atoms with Gasteiger partial charge in [-0.15, -0.1) is 0 Å². The van der Waals surface area contributed by atoms with Gasteiger partial charge in [0.1, 0.15) is 0 Å². The van der Waals surface area contributed by atoms with E-state index in [1.165, 1.54) is 0 Å². The lowest BCUT2D eigenvalue weighted by molar-refractivity contribution is 0.568. The maximum Gasteiger partial charge on any atom is 0.250 e. The van der Waals surface area contributed by atoms with E-state index in [1.807, 2.05) is 30.3 Å². The third-order valence-corrected chi connectivity index (χ3v) is 4.59. The average Bonchev–Trinajstić information content (AvgIpc) is 2.76. The van der Waals surface area contributed by atoms with E-state index in [0.717, 1.165) is 57.9 Å². The smallest absolute Gasteiger partial charge is 0.250 e. The molecule has 0 unspecified atom stereocenters. The number of rotatable bonds is 5. The molecule has 1 aromatic heterocycles. The van der Waals surface area contributed by atoms with E-state index in [1.54, 1.807) is 6.21 Å². The molecule has 0 spiro atoms. The van der Waals surface area contributed by atoms with E-state index in [-0.39, 0.29) is 0 Å². The third-order valence-electron chi connectivity index (χ3n) is 4.59. The minimum absolute atomic E-state index is 0.472. The number of nitrogens with one attached hydrogen (secondary N) is 3. The van der Waals surface area contributed by atoms with Gasteiger partial charge >= 0.3 is 0 Å². The van der Waals surface area contributed by atoms with Gasteiger partial charge in [0.25, 0.3) is 0 Å². The van der Waals surface area contributed by atoms with Crippen LogP contribution in [0.4, 0.5) is 17.8 Å². The first-order valence-electron chi connectivity index (χ1n) is 9.40. The summed E-state index contributed by atoms with van der Waals surface area (Å²) in [5.41, 5.74) is 3.99. The van der Waals surface area contributed by atoms with Crippen LogP contribution in [0.1, 0.15) is 5.56 Å². The van der Waals surface area contributed by atoms with Gasteiger partial charge in [-0.25, -0.2) is 5.43 Å². The zero-order valence-electron chi connectivity index (χ0n) is 15.3. The minimum atomic E-state index is 0.472. The summed E-state index contributed by atoms with van der Waals surface area (Å²) in [6.07, 6.45) is 1.76. The zero-order chi connectivity index (χ0) is 18.3. The number of hydrogen-bond donors (Lipinski definition) is 3. The van der Waals surface area contributed by atoms with Gasteiger partial charge in [-0.2, -0.15) is 20.1 Å². The van der Waals surface area contributed by atoms with Crippen molar-refractivity contribution in [3.05, 3.63) is 35.9 Å². The molecule has 0 amide bonds. The predicted octanol–water partition coefficient (Wildman–Crippen LogP) is 0.137. The maximum atomic E-state index is 4.73. The molecule has 0 saturated carbocycles. The Bertz CT molecular complexity index is 716. The van der Waals surface area contributed by atoms with Crippen molar-refractivity contribution >= 4 is 24.1 Å². The molecule has 3 N–H and O–H groups in total. The molecular formula is C18H25N9. The SMILES string of the molecule is C(=N\Nc1nc(N2CCNCC2)nc(N2CCNCC2)n1)/c1ccccc1. The molecule has 3 heterocycles. The Labute approximate surface area is 158 Å². The molecule has 0 atom stereocenters. The second kappa shape index (κ2) is 8.74. The third kappa shape index (κ3) is 4.69. The molecule has 27 heavy (non-hydrogen) atoms. The van der Waals surface area contributed by atoms with Gasteiger partial charge < -0.3 is 20.4 Å². The molecule has 2 saturated heterocycles. The minimum Gasteiger partial charge on any atom is -0.338 e. The van der Waals surface area contributed by atoms with Crippen molar-refractivity contribution in [2.45, 2.75) is 0 Å². The summed E-state index contributed by atoms with van der Waals surface area (Å²) in [5.74, 6) is 1.88. The van der Waals surface area contributed by atoms with Crippen molar-refractivity contribution < 1.29 is 0 Å². The van der Waals surface area contributed by atoms with Crippen LogP contribution in [0.3, 0.4) is 0 Å². The van der Waals surface area contributed by atoms with Crippen LogP contribution in [-0.4, -0.2) is 73.5 Å². The summed E-state index contributed by atoms with van der Waals surface area (Å²) in [6.45, 7) is 7.28. The molecule has 2 fully saturated rings. The van der Waals surface area contributed by atoms with Crippen molar-refractivity contribution in [1.82, 2.24) is 25.6 Å². The van der Waals surface area contributed by atoms with E-state index in [2.05, 4.69) is 40.9 Å². The van der Waals surface area contributed by atoms with Crippen LogP contribution in [0.5, 0.6) is 0 Å². The first-order chi connectivity index (χ1) is 13.4. The number of anilines is 3. The van der Waals surface area contributed by atoms with Crippen molar-refractivity contribution in [1.29, 1.82) is 0 Å². The fourth-order valence-electron chi connectivity index (χ4n) is 3.12. The number of piperazine rings is 2. The van der Waals surface area contributed by atoms with E-state index >= 15 is 0 Å². The van der Waals surface area contributed by atoms with Gasteiger partial charge in [0.2, 0.25) is 17.8 Å². The molecule has 0 bridgehead atoms. The van der Waals surface area contributed by atoms with Gasteiger partial charge in [0.15, 0.2) is 0 Å². The van der Waals surface area contributed by atoms with Crippen LogP contribution in [0.2, 0.25) is 0 Å². The lowest BCUT2D eigenvalue weighted by Crippen LogP contribution is -2.46. The summed E-state index contributed by atoms with van der Waals surface area (Å²) >= 11 is 0. The Morgan fingerprint density at radius 1 is 0.815 bits per heavy atom. The van der Waals surface area contributed by atoms with Gasteiger partial charge in [-0.05, 0) is 5.56 Å². The van der Waals surface area contributed by atoms with Gasteiger partial charge in [0.05, 0.1) is 6.21 Å². The highest BCUT2D eigenvalue weighted by molar-refractivity contribution is 5.79. The van der Waals surface area contributed by atoms with Crippen molar-refractivity contribution in [2.24, 2.45) is 5.10 Å². The first kappa shape index (κ1) is 17.6. The highest BCUT2D eigenvalue weighted by atomic mass is 15.4. The molecule has 142 valence electrons. The fraction of sp³-hybridized carbons (Fsp3) is 0.444. The fourth-order valence-corrected chi connectivity index (χ4v) is 3.12. The predicted molar refractivity (Wildman–Crippen MR) is 108 cm³/mol. The Balaban J connectivity index is 1.55. The van der Waals surface area contributed by atoms with Crippen LogP contribution in [0, 0.1) is 0 Å². The molecule has 2 aliphatic rings. The number of aromatic nitrogens is 3. The number of hydrogen-bond acceptors (Lipinski definition) is 9. The molecular weight excluding hydrogens is 342 g/mol. The van der Waals surface area contributed by atoms with Crippen LogP contribution in [0.25, 0.3) is 0 Å². The van der Waals surface area contributed by atoms with Crippen LogP contribution < -0.4 is 25.9 Å². The number of nitrogens with zero attached hydrogens (tertiary/aromatic N) is 6. The van der Waals surface area contributed by atoms with Crippen molar-refractivity contribution in [3.63, 3.8) is 0 Å². The molecule has 9 nitrogen and oxygen atoms in total. The van der Waals surface area contributed by atoms with Crippen molar-refractivity contribution in [2.75, 3.05) is 67.6 Å². The van der Waals surface area contributed by atoms with E-state index in [0.29, 0.717) is 17.8 Å². The molecule has 0 radical (unpaired) electrons. The monoisotopic (exact) mass is 367 g/mol. The topological polar surface area (TPSA) is 93.6 Å². The summed E-state index contributed by atoms with van der Waals surface area (Å²) in [4.78, 5) is 18.3. The lowest BCUT2D eigenvalue weighted by atomic mass is 10.2. The van der Waals surface area contributed by atoms with E-state index < -0.39 is 0 Å². The molecule has 4 rings (SSSR count). The molecule has 9 heteroatoms. The Morgan fingerprint density at radius 3 is 1.93 bits per heavy atom. The standard InChI is InChI=1S/C18H25N9/c1-2-4-15(5-3-1)14-21-25-16-22-17(26-10-6-19-7-11-26)24-18(23-16)27-12-8-20-9-13-27/h1-5,14,19-20H,6-13H2,(H,22,23,24,25)/b21-14+. The molecule has 2 aliphatic heterocycles. The van der Waals surface area contributed by atoms with Crippen molar-refractivity contribution in [3.8, 4) is 0 Å². The lowest BCUT2D eigenvalue weighted by Gasteiger charge is -2.30. The molecule has 2 aromatic rings. The Kier molecular flexibility index (Phi) is 5.70. The Morgan fingerprint density at radius 2 is 1.37 bits per heavy atom. The van der Waals surface area contributed by atoms with Crippen LogP contribution in [-0.2, 0) is 0 Å². The summed E-state index contributed by atoms with van der Waals surface area (Å²) in [5, 5.41) is 11.0. The second-order valence-corrected chi connectivity index (χ2v) is 6.51. The highest BCUT2D eigenvalue weighted by Gasteiger charge is 2.19. The summed E-state index contributed by atoms with van der Waals surface area (Å²) in [6, 6.07) is 9.94. The Hall–Kier alpha value is -2.78. The highest BCUT2D eigenvalue weighted by Crippen LogP contribution is 2.17. The summed E-state index contributed by atoms with van der Waals surface area (Å²) < 4.78 is 0. The van der Waals surface area contributed by atoms with Crippen LogP contribution >= 0.6 is 0 Å². The van der Waals surface area contributed by atoms with Crippen LogP contribution in [0.15, 0.2) is 35.4 Å². The number of benzene rings is 1. The zero-order valence-corrected chi connectivity index (χ0v) is 15.3. The second-order valence-electron chi connectivity index (χ2n) is 6.51. The van der Waals surface area contributed by atoms with Gasteiger partial charge in [-0.3, -0.25) is 0 Å². The normalized spacial score (nSPS) is 18.1. The molecule has 1 aromatic carbocycles. The van der Waals surface area contributed by atoms with E-state index in [9.17, 15) is 0 Å². The first-order valence-corrected chi connectivity index (χ1v) is 9.40. The van der Waals surface area contributed by atoms with Gasteiger partial charge in [-0.1, -0.05) is 30.3 Å². The average molecular weight is 367 g/mol. The largest absolute Gasteiger partial charge is 0.338 e. The van der Waals surface area contributed by atoms with E-state index in [4.69, 9.17) is 4.98 Å². The summed E-state index contributed by atoms with van der Waals surface area (Å²) in [7, 11) is 0. The quantitative estimate of drug-likeness (QED) is 0.508.